The molecule has 2 heterocycles. The summed E-state index contributed by atoms with van der Waals surface area (Å²) in [6.45, 7) is 1.78. The summed E-state index contributed by atoms with van der Waals surface area (Å²) in [5, 5.41) is 11.6. The van der Waals surface area contributed by atoms with Gasteiger partial charge in [-0.25, -0.2) is 4.79 Å². The number of carbonyl (C=O) groups is 5. The molecule has 0 spiro atoms. The van der Waals surface area contributed by atoms with Gasteiger partial charge in [-0.15, -0.1) is 0 Å². The largest absolute Gasteiger partial charge is 0.481 e. The first-order valence-electron chi connectivity index (χ1n) is 11.7. The van der Waals surface area contributed by atoms with Gasteiger partial charge in [0.05, 0.1) is 28.3 Å². The van der Waals surface area contributed by atoms with Crippen molar-refractivity contribution in [3.05, 3.63) is 64.6 Å². The van der Waals surface area contributed by atoms with Crippen LogP contribution in [0.15, 0.2) is 53.4 Å². The van der Waals surface area contributed by atoms with Crippen molar-refractivity contribution in [1.29, 1.82) is 0 Å². The molecular formula is C26H23N3O7S2. The van der Waals surface area contributed by atoms with Crippen LogP contribution in [0.3, 0.4) is 0 Å². The Morgan fingerprint density at radius 3 is 2.42 bits per heavy atom. The zero-order valence-corrected chi connectivity index (χ0v) is 21.9. The Morgan fingerprint density at radius 1 is 1.03 bits per heavy atom. The lowest BCUT2D eigenvalue weighted by Crippen LogP contribution is -2.35. The van der Waals surface area contributed by atoms with Crippen LogP contribution in [0.4, 0.5) is 11.4 Å². The summed E-state index contributed by atoms with van der Waals surface area (Å²) in [6.07, 6.45) is 0.112. The van der Waals surface area contributed by atoms with E-state index in [0.717, 1.165) is 11.8 Å². The number of carboxylic acids is 1. The van der Waals surface area contributed by atoms with Crippen LogP contribution in [0.2, 0.25) is 0 Å². The van der Waals surface area contributed by atoms with E-state index in [-0.39, 0.29) is 47.3 Å². The number of nitrogens with zero attached hydrogens (tertiary/aromatic N) is 2. The van der Waals surface area contributed by atoms with Crippen LogP contribution in [0.1, 0.15) is 35.7 Å². The molecule has 38 heavy (non-hydrogen) atoms. The number of carbonyl (C=O) groups excluding carboxylic acids is 4. The molecular weight excluding hydrogens is 530 g/mol. The van der Waals surface area contributed by atoms with Crippen LogP contribution < -0.4 is 10.2 Å². The molecule has 1 fully saturated rings. The number of para-hydroxylation sites is 1. The van der Waals surface area contributed by atoms with Gasteiger partial charge in [0.2, 0.25) is 5.91 Å². The van der Waals surface area contributed by atoms with E-state index < -0.39 is 29.7 Å². The number of rotatable bonds is 9. The molecule has 0 saturated carbocycles. The monoisotopic (exact) mass is 553 g/mol. The number of nitrogens with one attached hydrogen (secondary N) is 1. The van der Waals surface area contributed by atoms with Gasteiger partial charge in [-0.1, -0.05) is 42.2 Å². The molecule has 2 aliphatic heterocycles. The predicted octanol–water partition coefficient (Wildman–Crippen LogP) is 3.28. The number of ether oxygens (including phenoxy) is 1. The summed E-state index contributed by atoms with van der Waals surface area (Å²) in [5.41, 5.74) is 1.93. The molecule has 0 bridgehead atoms. The molecule has 3 amide bonds. The molecule has 0 unspecified atom stereocenters. The average Bonchev–Trinajstić information content (AvgIpc) is 3.31. The molecule has 12 heteroatoms. The van der Waals surface area contributed by atoms with Crippen LogP contribution in [-0.2, 0) is 23.9 Å². The number of thioether (sulfide) groups is 1. The fourth-order valence-electron chi connectivity index (χ4n) is 4.04. The second kappa shape index (κ2) is 11.6. The van der Waals surface area contributed by atoms with Gasteiger partial charge in [0.1, 0.15) is 10.9 Å². The summed E-state index contributed by atoms with van der Waals surface area (Å²) in [7, 11) is 0. The SMILES string of the molecule is CCOC(=O)c1ccc(NC(=O)CN2C(=O)/C(=C3/SC(=S)N(CCCC(=O)O)C3=O)c3ccccc32)cc1. The number of benzene rings is 2. The fraction of sp³-hybridized carbons (Fsp3) is 0.231. The summed E-state index contributed by atoms with van der Waals surface area (Å²) in [5.74, 6) is -2.89. The number of carboxylic acid groups (broad SMARTS) is 1. The van der Waals surface area contributed by atoms with E-state index in [4.69, 9.17) is 22.1 Å². The highest BCUT2D eigenvalue weighted by Gasteiger charge is 2.42. The highest BCUT2D eigenvalue weighted by Crippen LogP contribution is 2.44. The van der Waals surface area contributed by atoms with Crippen LogP contribution in [0, 0.1) is 0 Å². The molecule has 1 saturated heterocycles. The number of fused-ring (bicyclic) bond motifs is 1. The molecule has 2 aromatic rings. The molecule has 0 atom stereocenters. The Bertz CT molecular complexity index is 1370. The number of hydrogen-bond donors (Lipinski definition) is 2. The zero-order valence-electron chi connectivity index (χ0n) is 20.3. The molecule has 4 rings (SSSR count). The van der Waals surface area contributed by atoms with E-state index >= 15 is 0 Å². The van der Waals surface area contributed by atoms with Gasteiger partial charge in [-0.05, 0) is 43.7 Å². The van der Waals surface area contributed by atoms with Crippen LogP contribution >= 0.6 is 24.0 Å². The van der Waals surface area contributed by atoms with Crippen molar-refractivity contribution in [2.45, 2.75) is 19.8 Å². The van der Waals surface area contributed by atoms with E-state index in [9.17, 15) is 24.0 Å². The standard InChI is InChI=1S/C26H23N3O7S2/c1-2-36-25(35)15-9-11-16(12-10-15)27-19(30)14-29-18-7-4-3-6-17(18)21(23(29)33)22-24(34)28(26(37)38-22)13-5-8-20(31)32/h3-4,6-7,9-12H,2,5,8,13-14H2,1H3,(H,27,30)(H,31,32)/b22-21+. The summed E-state index contributed by atoms with van der Waals surface area (Å²) in [4.78, 5) is 64.9. The molecule has 2 aromatic carbocycles. The lowest BCUT2D eigenvalue weighted by molar-refractivity contribution is -0.137. The maximum absolute atomic E-state index is 13.5. The van der Waals surface area contributed by atoms with Crippen molar-refractivity contribution in [2.24, 2.45) is 0 Å². The minimum atomic E-state index is -0.974. The lowest BCUT2D eigenvalue weighted by Gasteiger charge is -2.17. The lowest BCUT2D eigenvalue weighted by atomic mass is 10.1. The zero-order chi connectivity index (χ0) is 27.4. The molecule has 196 valence electrons. The van der Waals surface area contributed by atoms with E-state index in [1.807, 2.05) is 0 Å². The average molecular weight is 554 g/mol. The number of anilines is 2. The van der Waals surface area contributed by atoms with Crippen molar-refractivity contribution in [1.82, 2.24) is 4.90 Å². The van der Waals surface area contributed by atoms with Crippen molar-refractivity contribution in [2.75, 3.05) is 29.9 Å². The Morgan fingerprint density at radius 2 is 1.74 bits per heavy atom. The fourth-order valence-corrected chi connectivity index (χ4v) is 5.42. The van der Waals surface area contributed by atoms with Gasteiger partial charge < -0.3 is 15.2 Å². The molecule has 2 aliphatic rings. The second-order valence-corrected chi connectivity index (χ2v) is 9.92. The Kier molecular flexibility index (Phi) is 8.23. The molecule has 10 nitrogen and oxygen atoms in total. The minimum absolute atomic E-state index is 0.112. The van der Waals surface area contributed by atoms with E-state index in [1.54, 1.807) is 43.3 Å². The topological polar surface area (TPSA) is 133 Å². The van der Waals surface area contributed by atoms with Crippen LogP contribution in [-0.4, -0.2) is 63.7 Å². The number of amides is 3. The maximum atomic E-state index is 13.5. The minimum Gasteiger partial charge on any atom is -0.481 e. The summed E-state index contributed by atoms with van der Waals surface area (Å²) in [6, 6.07) is 13.0. The first-order valence-corrected chi connectivity index (χ1v) is 12.9. The van der Waals surface area contributed by atoms with Gasteiger partial charge in [0, 0.05) is 24.2 Å². The smallest absolute Gasteiger partial charge is 0.338 e. The third kappa shape index (κ3) is 5.60. The molecule has 0 radical (unpaired) electrons. The van der Waals surface area contributed by atoms with Gasteiger partial charge in [0.25, 0.3) is 11.8 Å². The van der Waals surface area contributed by atoms with Gasteiger partial charge >= 0.3 is 11.9 Å². The Balaban J connectivity index is 1.52. The number of thiocarbonyl (C=S) groups is 1. The first kappa shape index (κ1) is 27.0. The molecule has 0 aliphatic carbocycles. The van der Waals surface area contributed by atoms with Crippen LogP contribution in [0.5, 0.6) is 0 Å². The third-order valence-electron chi connectivity index (χ3n) is 5.75. The van der Waals surface area contributed by atoms with E-state index in [0.29, 0.717) is 22.5 Å². The van der Waals surface area contributed by atoms with Crippen LogP contribution in [0.25, 0.3) is 5.57 Å². The van der Waals surface area contributed by atoms with Crippen molar-refractivity contribution < 1.29 is 33.8 Å². The second-order valence-electron chi connectivity index (χ2n) is 8.28. The van der Waals surface area contributed by atoms with Gasteiger partial charge in [-0.3, -0.25) is 29.0 Å². The normalized spacial score (nSPS) is 16.6. The maximum Gasteiger partial charge on any atom is 0.338 e. The molecule has 2 N–H and O–H groups in total. The third-order valence-corrected chi connectivity index (χ3v) is 7.20. The van der Waals surface area contributed by atoms with Crippen molar-refractivity contribution >= 4 is 74.9 Å². The molecule has 0 aromatic heterocycles. The first-order chi connectivity index (χ1) is 18.2. The van der Waals surface area contributed by atoms with E-state index in [1.165, 1.54) is 21.9 Å². The summed E-state index contributed by atoms with van der Waals surface area (Å²) >= 11 is 6.32. The highest BCUT2D eigenvalue weighted by molar-refractivity contribution is 8.26. The quantitative estimate of drug-likeness (QED) is 0.273. The van der Waals surface area contributed by atoms with Crippen molar-refractivity contribution in [3.63, 3.8) is 0 Å². The predicted molar refractivity (Wildman–Crippen MR) is 146 cm³/mol. The number of hydrogen-bond acceptors (Lipinski definition) is 8. The summed E-state index contributed by atoms with van der Waals surface area (Å²) < 4.78 is 5.20. The highest BCUT2D eigenvalue weighted by atomic mass is 32.2. The van der Waals surface area contributed by atoms with E-state index in [2.05, 4.69) is 5.32 Å². The Labute approximate surface area is 227 Å². The number of aliphatic carboxylic acids is 1. The Hall–Kier alpha value is -4.03. The van der Waals surface area contributed by atoms with Gasteiger partial charge in [-0.2, -0.15) is 0 Å². The van der Waals surface area contributed by atoms with Gasteiger partial charge in [0.15, 0.2) is 0 Å². The van der Waals surface area contributed by atoms with Crippen molar-refractivity contribution in [3.8, 4) is 0 Å². The number of esters is 1.